The summed E-state index contributed by atoms with van der Waals surface area (Å²) in [5.74, 6) is 0.0407. The van der Waals surface area contributed by atoms with Crippen molar-refractivity contribution in [3.05, 3.63) is 83.2 Å². The zero-order valence-corrected chi connectivity index (χ0v) is 18.7. The van der Waals surface area contributed by atoms with Gasteiger partial charge in [0.2, 0.25) is 0 Å². The summed E-state index contributed by atoms with van der Waals surface area (Å²) in [4.78, 5) is 24.8. The summed E-state index contributed by atoms with van der Waals surface area (Å²) in [5, 5.41) is 11.3. The smallest absolute Gasteiger partial charge is 0.310 e. The number of carbonyl (C=O) groups excluding carboxylic acids is 2. The topological polar surface area (TPSA) is 99.2 Å². The van der Waals surface area contributed by atoms with Gasteiger partial charge in [0, 0.05) is 17.2 Å². The number of carbonyl (C=O) groups is 2. The first-order chi connectivity index (χ1) is 15.9. The SMILES string of the molecule is Cc1ccc(-c2cc(NC(=O)COC(=O)Cc3c(C)noc3C)n(-c3ccccc3)n2)cc1. The Hall–Kier alpha value is -4.20. The van der Waals surface area contributed by atoms with Crippen LogP contribution in [0.1, 0.15) is 22.6 Å². The highest BCUT2D eigenvalue weighted by molar-refractivity contribution is 5.93. The molecule has 33 heavy (non-hydrogen) atoms. The summed E-state index contributed by atoms with van der Waals surface area (Å²) in [6.07, 6.45) is -0.00599. The molecule has 0 bridgehead atoms. The number of hydrogen-bond acceptors (Lipinski definition) is 6. The molecule has 0 saturated carbocycles. The van der Waals surface area contributed by atoms with Crippen molar-refractivity contribution in [2.24, 2.45) is 0 Å². The van der Waals surface area contributed by atoms with E-state index in [1.54, 1.807) is 24.6 Å². The molecule has 4 aromatic rings. The van der Waals surface area contributed by atoms with Gasteiger partial charge >= 0.3 is 5.97 Å². The fourth-order valence-corrected chi connectivity index (χ4v) is 3.38. The molecular weight excluding hydrogens is 420 g/mol. The molecule has 1 N–H and O–H groups in total. The lowest BCUT2D eigenvalue weighted by Crippen LogP contribution is -2.23. The summed E-state index contributed by atoms with van der Waals surface area (Å²) in [7, 11) is 0. The lowest BCUT2D eigenvalue weighted by Gasteiger charge is -2.09. The van der Waals surface area contributed by atoms with E-state index in [-0.39, 0.29) is 6.42 Å². The Morgan fingerprint density at radius 3 is 2.42 bits per heavy atom. The van der Waals surface area contributed by atoms with Gasteiger partial charge in [-0.3, -0.25) is 9.59 Å². The second-order valence-corrected chi connectivity index (χ2v) is 7.72. The summed E-state index contributed by atoms with van der Waals surface area (Å²) in [6, 6.07) is 19.3. The normalized spacial score (nSPS) is 10.8. The molecule has 0 saturated heterocycles. The van der Waals surface area contributed by atoms with Crippen molar-refractivity contribution in [3.63, 3.8) is 0 Å². The molecule has 2 aromatic heterocycles. The first-order valence-electron chi connectivity index (χ1n) is 10.5. The first kappa shape index (κ1) is 22.0. The fraction of sp³-hybridized carbons (Fsp3) is 0.200. The number of benzene rings is 2. The summed E-state index contributed by atoms with van der Waals surface area (Å²) < 4.78 is 11.9. The van der Waals surface area contributed by atoms with Gasteiger partial charge in [-0.25, -0.2) is 4.68 Å². The maximum absolute atomic E-state index is 12.6. The van der Waals surface area contributed by atoms with Crippen LogP contribution in [-0.2, 0) is 20.7 Å². The van der Waals surface area contributed by atoms with E-state index >= 15 is 0 Å². The predicted octanol–water partition coefficient (Wildman–Crippen LogP) is 4.18. The Morgan fingerprint density at radius 2 is 1.76 bits per heavy atom. The Bertz CT molecular complexity index is 1250. The lowest BCUT2D eigenvalue weighted by molar-refractivity contribution is -0.146. The van der Waals surface area contributed by atoms with Crippen LogP contribution < -0.4 is 5.32 Å². The van der Waals surface area contributed by atoms with E-state index in [0.29, 0.717) is 28.5 Å². The van der Waals surface area contributed by atoms with Crippen molar-refractivity contribution in [3.8, 4) is 16.9 Å². The highest BCUT2D eigenvalue weighted by atomic mass is 16.5. The number of para-hydroxylation sites is 1. The van der Waals surface area contributed by atoms with Crippen LogP contribution in [0.15, 0.2) is 65.2 Å². The molecule has 2 heterocycles. The average Bonchev–Trinajstić information content (AvgIpc) is 3.37. The van der Waals surface area contributed by atoms with Gasteiger partial charge in [-0.05, 0) is 32.9 Å². The molecule has 0 fully saturated rings. The number of nitrogens with zero attached hydrogens (tertiary/aromatic N) is 3. The molecular formula is C25H24N4O4. The molecule has 8 nitrogen and oxygen atoms in total. The highest BCUT2D eigenvalue weighted by Crippen LogP contribution is 2.25. The fourth-order valence-electron chi connectivity index (χ4n) is 3.38. The highest BCUT2D eigenvalue weighted by Gasteiger charge is 2.17. The van der Waals surface area contributed by atoms with Crippen LogP contribution in [0.25, 0.3) is 16.9 Å². The second kappa shape index (κ2) is 9.52. The number of aromatic nitrogens is 3. The molecule has 1 amide bonds. The molecule has 0 spiro atoms. The van der Waals surface area contributed by atoms with Gasteiger partial charge in [0.1, 0.15) is 11.6 Å². The van der Waals surface area contributed by atoms with Crippen LogP contribution in [0.2, 0.25) is 0 Å². The number of nitrogens with one attached hydrogen (secondary N) is 1. The first-order valence-corrected chi connectivity index (χ1v) is 10.5. The van der Waals surface area contributed by atoms with Crippen LogP contribution in [-0.4, -0.2) is 33.4 Å². The monoisotopic (exact) mass is 444 g/mol. The molecule has 4 rings (SSSR count). The largest absolute Gasteiger partial charge is 0.455 e. The van der Waals surface area contributed by atoms with Crippen molar-refractivity contribution in [1.82, 2.24) is 14.9 Å². The maximum atomic E-state index is 12.6. The molecule has 0 atom stereocenters. The van der Waals surface area contributed by atoms with Crippen molar-refractivity contribution in [2.75, 3.05) is 11.9 Å². The molecule has 0 aliphatic rings. The minimum Gasteiger partial charge on any atom is -0.455 e. The van der Waals surface area contributed by atoms with Gasteiger partial charge < -0.3 is 14.6 Å². The number of rotatable bonds is 7. The zero-order chi connectivity index (χ0) is 23.4. The Morgan fingerprint density at radius 1 is 1.03 bits per heavy atom. The average molecular weight is 444 g/mol. The van der Waals surface area contributed by atoms with Crippen molar-refractivity contribution in [1.29, 1.82) is 0 Å². The molecule has 0 unspecified atom stereocenters. The van der Waals surface area contributed by atoms with E-state index < -0.39 is 18.5 Å². The molecule has 0 aliphatic carbocycles. The van der Waals surface area contributed by atoms with Gasteiger partial charge in [0.25, 0.3) is 5.91 Å². The van der Waals surface area contributed by atoms with Gasteiger partial charge in [0.05, 0.1) is 23.5 Å². The third kappa shape index (κ3) is 5.17. The van der Waals surface area contributed by atoms with E-state index in [1.807, 2.05) is 61.5 Å². The van der Waals surface area contributed by atoms with Gasteiger partial charge in [-0.2, -0.15) is 5.10 Å². The van der Waals surface area contributed by atoms with Crippen LogP contribution in [0.3, 0.4) is 0 Å². The number of amides is 1. The van der Waals surface area contributed by atoms with E-state index in [1.165, 1.54) is 0 Å². The number of ether oxygens (including phenoxy) is 1. The second-order valence-electron chi connectivity index (χ2n) is 7.72. The number of esters is 1. The van der Waals surface area contributed by atoms with Crippen LogP contribution in [0.5, 0.6) is 0 Å². The molecule has 0 radical (unpaired) electrons. The molecule has 168 valence electrons. The number of hydrogen-bond donors (Lipinski definition) is 1. The van der Waals surface area contributed by atoms with E-state index in [2.05, 4.69) is 15.6 Å². The Balaban J connectivity index is 1.48. The number of anilines is 1. The Kier molecular flexibility index (Phi) is 6.35. The predicted molar refractivity (Wildman–Crippen MR) is 123 cm³/mol. The summed E-state index contributed by atoms with van der Waals surface area (Å²) in [5.41, 5.74) is 4.88. The third-order valence-corrected chi connectivity index (χ3v) is 5.19. The minimum absolute atomic E-state index is 0.00599. The van der Waals surface area contributed by atoms with Gasteiger partial charge in [0.15, 0.2) is 6.61 Å². The quantitative estimate of drug-likeness (QED) is 0.430. The molecule has 0 aliphatic heterocycles. The van der Waals surface area contributed by atoms with Gasteiger partial charge in [-0.1, -0.05) is 53.2 Å². The van der Waals surface area contributed by atoms with E-state index in [9.17, 15) is 9.59 Å². The maximum Gasteiger partial charge on any atom is 0.310 e. The standard InChI is InChI=1S/C25H24N4O4/c1-16-9-11-19(12-10-16)22-14-23(29(27-22)20-7-5-4-6-8-20)26-24(30)15-32-25(31)13-21-17(2)28-33-18(21)3/h4-12,14H,13,15H2,1-3H3,(H,26,30). The minimum atomic E-state index is -0.531. The van der Waals surface area contributed by atoms with Crippen molar-refractivity contribution in [2.45, 2.75) is 27.2 Å². The van der Waals surface area contributed by atoms with Crippen LogP contribution >= 0.6 is 0 Å². The number of aryl methyl sites for hydroxylation is 3. The van der Waals surface area contributed by atoms with Crippen molar-refractivity contribution < 1.29 is 18.8 Å². The van der Waals surface area contributed by atoms with Crippen LogP contribution in [0.4, 0.5) is 5.82 Å². The summed E-state index contributed by atoms with van der Waals surface area (Å²) in [6.45, 7) is 5.08. The van der Waals surface area contributed by atoms with E-state index in [0.717, 1.165) is 16.8 Å². The van der Waals surface area contributed by atoms with Gasteiger partial charge in [-0.15, -0.1) is 0 Å². The summed E-state index contributed by atoms with van der Waals surface area (Å²) >= 11 is 0. The lowest BCUT2D eigenvalue weighted by atomic mass is 10.1. The Labute approximate surface area is 191 Å². The zero-order valence-electron chi connectivity index (χ0n) is 18.7. The van der Waals surface area contributed by atoms with Crippen molar-refractivity contribution >= 4 is 17.7 Å². The molecule has 8 heteroatoms. The van der Waals surface area contributed by atoms with E-state index in [4.69, 9.17) is 9.26 Å². The van der Waals surface area contributed by atoms with Crippen LogP contribution in [0, 0.1) is 20.8 Å². The third-order valence-electron chi connectivity index (χ3n) is 5.19. The molecule has 2 aromatic carbocycles.